The van der Waals surface area contributed by atoms with Crippen LogP contribution in [0, 0.1) is 0 Å². The third-order valence-corrected chi connectivity index (χ3v) is 3.65. The molecule has 0 aliphatic heterocycles. The number of nitrogens with one attached hydrogen (secondary N) is 1. The van der Waals surface area contributed by atoms with Crippen LogP contribution in [0.2, 0.25) is 0 Å². The minimum Gasteiger partial charge on any atom is -0.494 e. The van der Waals surface area contributed by atoms with Gasteiger partial charge in [-0.3, -0.25) is 0 Å². The summed E-state index contributed by atoms with van der Waals surface area (Å²) in [6, 6.07) is 3.55. The van der Waals surface area contributed by atoms with E-state index in [1.54, 1.807) is 39.8 Å². The molecule has 0 atom stereocenters. The van der Waals surface area contributed by atoms with Crippen molar-refractivity contribution in [3.05, 3.63) is 18.5 Å². The second-order valence-corrected chi connectivity index (χ2v) is 4.94. The number of hydrogen-bond acceptors (Lipinski definition) is 8. The highest BCUT2D eigenvalue weighted by Gasteiger charge is 2.20. The Balaban J connectivity index is 2.18. The number of benzene rings is 1. The maximum atomic E-state index is 5.79. The number of imidazole rings is 1. The highest BCUT2D eigenvalue weighted by Crippen LogP contribution is 2.42. The van der Waals surface area contributed by atoms with Crippen molar-refractivity contribution in [1.82, 2.24) is 19.9 Å². The number of methoxy groups -OCH3 is 3. The zero-order valence-electron chi connectivity index (χ0n) is 13.8. The molecule has 0 bridgehead atoms. The van der Waals surface area contributed by atoms with Gasteiger partial charge in [-0.1, -0.05) is 0 Å². The lowest BCUT2D eigenvalue weighted by atomic mass is 10.2. The maximum Gasteiger partial charge on any atom is 0.224 e. The normalized spacial score (nSPS) is 10.7. The Morgan fingerprint density at radius 1 is 1.00 bits per heavy atom. The summed E-state index contributed by atoms with van der Waals surface area (Å²) in [5.41, 5.74) is 7.68. The smallest absolute Gasteiger partial charge is 0.224 e. The molecule has 3 aromatic rings. The Kier molecular flexibility index (Phi) is 3.98. The van der Waals surface area contributed by atoms with Gasteiger partial charge in [0.25, 0.3) is 0 Å². The lowest BCUT2D eigenvalue weighted by Gasteiger charge is -2.23. The molecule has 0 radical (unpaired) electrons. The predicted molar refractivity (Wildman–Crippen MR) is 90.3 cm³/mol. The highest BCUT2D eigenvalue weighted by atomic mass is 16.5. The van der Waals surface area contributed by atoms with E-state index in [0.717, 1.165) is 5.69 Å². The van der Waals surface area contributed by atoms with Crippen LogP contribution in [0.3, 0.4) is 0 Å². The molecule has 0 aliphatic carbocycles. The molecule has 2 heterocycles. The quantitative estimate of drug-likeness (QED) is 0.727. The highest BCUT2D eigenvalue weighted by molar-refractivity contribution is 5.88. The summed E-state index contributed by atoms with van der Waals surface area (Å²) in [6.45, 7) is 0. The van der Waals surface area contributed by atoms with Crippen LogP contribution in [0.4, 0.5) is 17.5 Å². The molecule has 126 valence electrons. The number of ether oxygens (including phenoxy) is 3. The van der Waals surface area contributed by atoms with E-state index in [-0.39, 0.29) is 5.95 Å². The van der Waals surface area contributed by atoms with Gasteiger partial charge in [-0.25, -0.2) is 4.98 Å². The van der Waals surface area contributed by atoms with Crippen LogP contribution in [-0.4, -0.2) is 48.3 Å². The first-order valence-corrected chi connectivity index (χ1v) is 7.09. The van der Waals surface area contributed by atoms with Gasteiger partial charge in [0.1, 0.15) is 11.3 Å². The zero-order chi connectivity index (χ0) is 17.3. The van der Waals surface area contributed by atoms with Gasteiger partial charge < -0.3 is 29.8 Å². The Morgan fingerprint density at radius 2 is 1.67 bits per heavy atom. The predicted octanol–water partition coefficient (Wildman–Crippen LogP) is 1.73. The second-order valence-electron chi connectivity index (χ2n) is 4.94. The van der Waals surface area contributed by atoms with Crippen molar-refractivity contribution in [1.29, 1.82) is 0 Å². The van der Waals surface area contributed by atoms with E-state index in [1.807, 2.05) is 11.9 Å². The first-order valence-electron chi connectivity index (χ1n) is 7.09. The summed E-state index contributed by atoms with van der Waals surface area (Å²) < 4.78 is 16.2. The van der Waals surface area contributed by atoms with E-state index in [2.05, 4.69) is 19.9 Å². The fourth-order valence-electron chi connectivity index (χ4n) is 2.47. The minimum atomic E-state index is 0.135. The molecule has 3 N–H and O–H groups in total. The molecule has 24 heavy (non-hydrogen) atoms. The molecule has 0 amide bonds. The molecular formula is C15H18N6O3. The number of anilines is 3. The van der Waals surface area contributed by atoms with Crippen molar-refractivity contribution in [2.45, 2.75) is 0 Å². The molecular weight excluding hydrogens is 312 g/mol. The fourth-order valence-corrected chi connectivity index (χ4v) is 2.47. The first kappa shape index (κ1) is 15.7. The van der Waals surface area contributed by atoms with Crippen LogP contribution < -0.4 is 24.8 Å². The van der Waals surface area contributed by atoms with Gasteiger partial charge in [-0.2, -0.15) is 9.97 Å². The van der Waals surface area contributed by atoms with Crippen LogP contribution in [0.25, 0.3) is 11.2 Å². The summed E-state index contributed by atoms with van der Waals surface area (Å²) in [7, 11) is 6.56. The molecule has 3 rings (SSSR count). The van der Waals surface area contributed by atoms with Crippen molar-refractivity contribution < 1.29 is 14.2 Å². The fraction of sp³-hybridized carbons (Fsp3) is 0.267. The number of aromatic amines is 1. The molecule has 9 heteroatoms. The lowest BCUT2D eigenvalue weighted by Crippen LogP contribution is -2.15. The summed E-state index contributed by atoms with van der Waals surface area (Å²) in [6.07, 6.45) is 1.54. The summed E-state index contributed by atoms with van der Waals surface area (Å²) in [5, 5.41) is 0. The van der Waals surface area contributed by atoms with Crippen LogP contribution in [0.1, 0.15) is 0 Å². The average molecular weight is 330 g/mol. The lowest BCUT2D eigenvalue weighted by molar-refractivity contribution is 0.349. The number of nitrogen functional groups attached to an aromatic ring is 1. The van der Waals surface area contributed by atoms with Gasteiger partial charge >= 0.3 is 0 Å². The van der Waals surface area contributed by atoms with Gasteiger partial charge in [0.05, 0.1) is 33.3 Å². The van der Waals surface area contributed by atoms with Crippen LogP contribution in [0.5, 0.6) is 17.2 Å². The van der Waals surface area contributed by atoms with Crippen molar-refractivity contribution in [3.63, 3.8) is 0 Å². The summed E-state index contributed by atoms with van der Waals surface area (Å²) in [4.78, 5) is 17.4. The molecule has 9 nitrogen and oxygen atoms in total. The molecule has 1 aromatic carbocycles. The van der Waals surface area contributed by atoms with Gasteiger partial charge in [0.15, 0.2) is 23.0 Å². The third kappa shape index (κ3) is 2.49. The number of aromatic nitrogens is 4. The zero-order valence-corrected chi connectivity index (χ0v) is 13.8. The van der Waals surface area contributed by atoms with E-state index in [1.165, 1.54) is 0 Å². The van der Waals surface area contributed by atoms with E-state index >= 15 is 0 Å². The van der Waals surface area contributed by atoms with Crippen molar-refractivity contribution >= 4 is 28.6 Å². The van der Waals surface area contributed by atoms with Crippen LogP contribution in [-0.2, 0) is 0 Å². The van der Waals surface area contributed by atoms with Gasteiger partial charge in [-0.05, 0) is 0 Å². The Bertz CT molecular complexity index is 879. The number of nitrogens with zero attached hydrogens (tertiary/aromatic N) is 4. The molecule has 0 unspecified atom stereocenters. The van der Waals surface area contributed by atoms with Gasteiger partial charge in [0, 0.05) is 19.2 Å². The molecule has 0 saturated heterocycles. The molecule has 0 spiro atoms. The van der Waals surface area contributed by atoms with Crippen molar-refractivity contribution in [2.24, 2.45) is 0 Å². The second kappa shape index (κ2) is 6.11. The summed E-state index contributed by atoms with van der Waals surface area (Å²) >= 11 is 0. The van der Waals surface area contributed by atoms with Crippen LogP contribution in [0.15, 0.2) is 18.5 Å². The Labute approximate surface area is 138 Å². The Hall–Kier alpha value is -3.23. The average Bonchev–Trinajstić information content (AvgIpc) is 3.07. The molecule has 0 saturated carbocycles. The van der Waals surface area contributed by atoms with E-state index in [0.29, 0.717) is 34.2 Å². The topological polar surface area (TPSA) is 111 Å². The number of nitrogens with two attached hydrogens (primary N) is 1. The number of fused-ring (bicyclic) bond motifs is 1. The first-order chi connectivity index (χ1) is 11.6. The number of rotatable bonds is 5. The maximum absolute atomic E-state index is 5.79. The minimum absolute atomic E-state index is 0.135. The Morgan fingerprint density at radius 3 is 2.33 bits per heavy atom. The van der Waals surface area contributed by atoms with Crippen molar-refractivity contribution in [2.75, 3.05) is 39.0 Å². The standard InChI is InChI=1S/C15H18N6O3/c1-21(14-12-13(18-7-17-12)19-15(16)20-14)8-5-10(23-3)11(24-4)6-9(8)22-2/h5-7H,1-4H3,(H3,16,17,18,19,20). The van der Waals surface area contributed by atoms with Crippen LogP contribution >= 0.6 is 0 Å². The van der Waals surface area contributed by atoms with Gasteiger partial charge in [0.2, 0.25) is 5.95 Å². The van der Waals surface area contributed by atoms with E-state index in [9.17, 15) is 0 Å². The SMILES string of the molecule is COc1cc(OC)c(N(C)c2nc(N)nc3nc[nH]c23)cc1OC. The largest absolute Gasteiger partial charge is 0.494 e. The third-order valence-electron chi connectivity index (χ3n) is 3.65. The number of hydrogen-bond donors (Lipinski definition) is 2. The van der Waals surface area contributed by atoms with Gasteiger partial charge in [-0.15, -0.1) is 0 Å². The monoisotopic (exact) mass is 330 g/mol. The summed E-state index contributed by atoms with van der Waals surface area (Å²) in [5.74, 6) is 2.44. The molecule has 2 aromatic heterocycles. The van der Waals surface area contributed by atoms with Crippen molar-refractivity contribution in [3.8, 4) is 17.2 Å². The van der Waals surface area contributed by atoms with E-state index < -0.39 is 0 Å². The number of H-pyrrole nitrogens is 1. The molecule has 0 fully saturated rings. The molecule has 0 aliphatic rings. The van der Waals surface area contributed by atoms with E-state index in [4.69, 9.17) is 19.9 Å².